The van der Waals surface area contributed by atoms with Gasteiger partial charge in [-0.3, -0.25) is 19.2 Å². The highest BCUT2D eigenvalue weighted by molar-refractivity contribution is 5.98. The molecule has 0 saturated heterocycles. The maximum atomic E-state index is 13.9. The number of nitrogens with zero attached hydrogens (tertiary/aromatic N) is 1. The number of hydrogen-bond donors (Lipinski definition) is 3. The second-order valence-electron chi connectivity index (χ2n) is 11.5. The van der Waals surface area contributed by atoms with E-state index in [0.717, 1.165) is 42.8 Å². The largest absolute Gasteiger partial charge is 0.510 e. The smallest absolute Gasteiger partial charge is 0.225 e. The van der Waals surface area contributed by atoms with Gasteiger partial charge in [0.2, 0.25) is 22.2 Å². The first-order valence-corrected chi connectivity index (χ1v) is 15.1. The van der Waals surface area contributed by atoms with E-state index < -0.39 is 59.5 Å². The fraction of sp³-hybridized carbons (Fsp3) is 0.382. The molecule has 1 atom stereocenters. The number of aliphatic hydroxyl groups is 2. The molecule has 11 heteroatoms. The molecule has 2 aromatic rings. The van der Waals surface area contributed by atoms with Gasteiger partial charge in [-0.2, -0.15) is 0 Å². The van der Waals surface area contributed by atoms with Gasteiger partial charge in [-0.1, -0.05) is 25.8 Å². The number of hydrogen-bond acceptors (Lipinski definition) is 11. The summed E-state index contributed by atoms with van der Waals surface area (Å²) in [7, 11) is 2.93. The van der Waals surface area contributed by atoms with Gasteiger partial charge in [0.1, 0.15) is 22.7 Å². The summed E-state index contributed by atoms with van der Waals surface area (Å²) in [6.07, 6.45) is 4.25. The number of rotatable bonds is 10. The van der Waals surface area contributed by atoms with Gasteiger partial charge in [-0.25, -0.2) is 4.98 Å². The zero-order valence-corrected chi connectivity index (χ0v) is 25.6. The van der Waals surface area contributed by atoms with Crippen LogP contribution in [0.2, 0.25) is 0 Å². The predicted molar refractivity (Wildman–Crippen MR) is 169 cm³/mol. The second-order valence-corrected chi connectivity index (χ2v) is 11.5. The van der Waals surface area contributed by atoms with Crippen molar-refractivity contribution in [1.29, 1.82) is 0 Å². The van der Waals surface area contributed by atoms with E-state index in [-0.39, 0.29) is 30.5 Å². The standard InChI is InChI=1S/C34H34N2O9/c1-5-7-8-9-18-13-17-12-16-10-11-34(26(16)30(45-15-43-3)21(17)33(36-18)44-4)31(41)24-25(32(34)42)29(40)23-22(28(24)39)20(37)14-19(27(23)38)35-6-2/h12-14,35,41-42H,5-11,15H2,1-4H3. The highest BCUT2D eigenvalue weighted by Gasteiger charge is 2.53. The lowest BCUT2D eigenvalue weighted by Crippen LogP contribution is -2.52. The number of aryl methyl sites for hydroxylation is 2. The van der Waals surface area contributed by atoms with Crippen molar-refractivity contribution in [3.05, 3.63) is 96.8 Å². The van der Waals surface area contributed by atoms with Gasteiger partial charge in [0, 0.05) is 31.0 Å². The van der Waals surface area contributed by atoms with Crippen molar-refractivity contribution in [2.24, 2.45) is 0 Å². The van der Waals surface area contributed by atoms with E-state index in [2.05, 4.69) is 12.2 Å². The van der Waals surface area contributed by atoms with Crippen LogP contribution >= 0.6 is 0 Å². The molecule has 45 heavy (non-hydrogen) atoms. The SMILES string of the molecule is CCCCCc1cc2cc3c(c(OCOC)c2c(OC)n1)C1(CC3)C(O)=c2c(=O)c3c(=O)cc(NCC)c(=O)c=3c(=O)c2=C1O. The summed E-state index contributed by atoms with van der Waals surface area (Å²) >= 11 is 0. The number of unbranched alkanes of at least 4 members (excludes halogenated alkanes) is 2. The van der Waals surface area contributed by atoms with E-state index in [1.165, 1.54) is 14.2 Å². The van der Waals surface area contributed by atoms with Crippen LogP contribution in [0.15, 0.2) is 37.4 Å². The van der Waals surface area contributed by atoms with Gasteiger partial charge in [0.25, 0.3) is 0 Å². The minimum atomic E-state index is -1.76. The Labute approximate surface area is 256 Å². The lowest BCUT2D eigenvalue weighted by molar-refractivity contribution is 0.0510. The number of aromatic nitrogens is 1. The van der Waals surface area contributed by atoms with Gasteiger partial charge >= 0.3 is 0 Å². The van der Waals surface area contributed by atoms with Crippen molar-refractivity contribution in [2.75, 3.05) is 32.9 Å². The number of aliphatic hydroxyl groups excluding tert-OH is 2. The number of anilines is 1. The highest BCUT2D eigenvalue weighted by atomic mass is 16.7. The maximum absolute atomic E-state index is 13.9. The fourth-order valence-corrected chi connectivity index (χ4v) is 7.02. The minimum absolute atomic E-state index is 0.0831. The number of ether oxygens (including phenoxy) is 3. The van der Waals surface area contributed by atoms with Crippen molar-refractivity contribution in [1.82, 2.24) is 4.98 Å². The summed E-state index contributed by atoms with van der Waals surface area (Å²) in [6, 6.07) is 4.86. The molecule has 11 nitrogen and oxygen atoms in total. The first kappa shape index (κ1) is 30.3. The van der Waals surface area contributed by atoms with Gasteiger partial charge in [-0.15, -0.1) is 0 Å². The quantitative estimate of drug-likeness (QED) is 0.176. The normalized spacial score (nSPS) is 17.0. The fourth-order valence-electron chi connectivity index (χ4n) is 7.02. The van der Waals surface area contributed by atoms with E-state index in [1.54, 1.807) is 6.92 Å². The van der Waals surface area contributed by atoms with E-state index in [4.69, 9.17) is 19.2 Å². The monoisotopic (exact) mass is 614 g/mol. The Kier molecular flexibility index (Phi) is 7.60. The number of pyridine rings is 1. The molecular formula is C34H34N2O9. The average molecular weight is 615 g/mol. The molecule has 0 aliphatic heterocycles. The van der Waals surface area contributed by atoms with Crippen LogP contribution in [0.4, 0.5) is 5.69 Å². The summed E-state index contributed by atoms with van der Waals surface area (Å²) in [5, 5.41) is 25.6. The van der Waals surface area contributed by atoms with Crippen LogP contribution < -0.4 is 46.9 Å². The Morgan fingerprint density at radius 2 is 1.62 bits per heavy atom. The average Bonchev–Trinajstić information content (AvgIpc) is 3.51. The van der Waals surface area contributed by atoms with Gasteiger partial charge in [0.15, 0.2) is 12.2 Å². The molecule has 0 amide bonds. The zero-order valence-electron chi connectivity index (χ0n) is 25.6. The first-order chi connectivity index (χ1) is 21.7. The molecular weight excluding hydrogens is 580 g/mol. The lowest BCUT2D eigenvalue weighted by atomic mass is 9.78. The third-order valence-electron chi connectivity index (χ3n) is 8.97. The minimum Gasteiger partial charge on any atom is -0.510 e. The molecule has 6 rings (SSSR count). The summed E-state index contributed by atoms with van der Waals surface area (Å²) in [5.74, 6) is -0.675. The predicted octanol–water partition coefficient (Wildman–Crippen LogP) is 1.66. The first-order valence-electron chi connectivity index (χ1n) is 15.1. The molecule has 1 aromatic heterocycles. The highest BCUT2D eigenvalue weighted by Crippen LogP contribution is 2.55. The van der Waals surface area contributed by atoms with Crippen molar-refractivity contribution in [3.8, 4) is 11.6 Å². The maximum Gasteiger partial charge on any atom is 0.225 e. The zero-order chi connectivity index (χ0) is 32.2. The Morgan fingerprint density at radius 3 is 2.27 bits per heavy atom. The molecule has 234 valence electrons. The molecule has 0 fully saturated rings. The van der Waals surface area contributed by atoms with E-state index in [0.29, 0.717) is 29.5 Å². The third-order valence-corrected chi connectivity index (χ3v) is 8.97. The third kappa shape index (κ3) is 4.24. The van der Waals surface area contributed by atoms with Gasteiger partial charge < -0.3 is 29.7 Å². The van der Waals surface area contributed by atoms with Gasteiger partial charge in [0.05, 0.1) is 39.1 Å². The lowest BCUT2D eigenvalue weighted by Gasteiger charge is -2.29. The molecule has 1 heterocycles. The van der Waals surface area contributed by atoms with Crippen LogP contribution in [0.5, 0.6) is 11.6 Å². The molecule has 1 spiro atoms. The van der Waals surface area contributed by atoms with E-state index >= 15 is 0 Å². The molecule has 3 N–H and O–H groups in total. The number of fused-ring (bicyclic) bond motifs is 4. The van der Waals surface area contributed by atoms with Crippen molar-refractivity contribution in [2.45, 2.75) is 57.8 Å². The Morgan fingerprint density at radius 1 is 0.911 bits per heavy atom. The molecule has 0 saturated carbocycles. The Bertz CT molecular complexity index is 2290. The van der Waals surface area contributed by atoms with Crippen molar-refractivity contribution >= 4 is 28.0 Å². The molecule has 1 unspecified atom stereocenters. The van der Waals surface area contributed by atoms with Crippen molar-refractivity contribution < 1.29 is 24.4 Å². The number of nitrogens with one attached hydrogen (secondary N) is 1. The van der Waals surface area contributed by atoms with Gasteiger partial charge in [-0.05, 0) is 49.6 Å². The topological polar surface area (TPSA) is 161 Å². The van der Waals surface area contributed by atoms with E-state index in [1.807, 2.05) is 12.1 Å². The Hall–Kier alpha value is -4.77. The van der Waals surface area contributed by atoms with Crippen LogP contribution in [-0.4, -0.2) is 42.8 Å². The molecule has 0 bridgehead atoms. The van der Waals surface area contributed by atoms with E-state index in [9.17, 15) is 29.4 Å². The summed E-state index contributed by atoms with van der Waals surface area (Å²) < 4.78 is 17.1. The van der Waals surface area contributed by atoms with Crippen LogP contribution in [0.25, 0.3) is 22.3 Å². The molecule has 4 aliphatic rings. The second kappa shape index (κ2) is 11.3. The van der Waals surface area contributed by atoms with Crippen LogP contribution in [0.1, 0.15) is 56.4 Å². The summed E-state index contributed by atoms with van der Waals surface area (Å²) in [4.78, 5) is 58.9. The number of benzene rings is 1. The summed E-state index contributed by atoms with van der Waals surface area (Å²) in [6.45, 7) is 3.94. The van der Waals surface area contributed by atoms with Crippen LogP contribution in [-0.2, 0) is 23.0 Å². The Balaban J connectivity index is 1.73. The number of methoxy groups -OCH3 is 2. The summed E-state index contributed by atoms with van der Waals surface area (Å²) in [5.41, 5.74) is -3.63. The molecule has 4 aliphatic carbocycles. The molecule has 0 radical (unpaired) electrons. The van der Waals surface area contributed by atoms with Crippen LogP contribution in [0, 0.1) is 10.4 Å². The van der Waals surface area contributed by atoms with Crippen LogP contribution in [0.3, 0.4) is 0 Å². The van der Waals surface area contributed by atoms with Crippen molar-refractivity contribution in [3.63, 3.8) is 0 Å². The molecule has 1 aromatic carbocycles.